The van der Waals surface area contributed by atoms with Gasteiger partial charge in [0.2, 0.25) is 5.79 Å². The van der Waals surface area contributed by atoms with Crippen molar-refractivity contribution in [2.75, 3.05) is 53.9 Å². The first-order chi connectivity index (χ1) is 45.7. The van der Waals surface area contributed by atoms with Gasteiger partial charge < -0.3 is 147 Å². The van der Waals surface area contributed by atoms with E-state index in [1.165, 1.54) is 81.0 Å². The predicted molar refractivity (Wildman–Crippen MR) is 310 cm³/mol. The second kappa shape index (κ2) is 33.4. The number of hydrogen-bond acceptors (Lipinski definition) is 35. The maximum atomic E-state index is 14.4. The second-order valence-corrected chi connectivity index (χ2v) is 22.4. The lowest BCUT2D eigenvalue weighted by Gasteiger charge is -2.51. The van der Waals surface area contributed by atoms with Crippen molar-refractivity contribution < 1.29 is 171 Å². The fraction of sp³-hybridized carbons (Fsp3) is 0.557. The molecule has 8 rings (SSSR count). The van der Waals surface area contributed by atoms with E-state index in [1.807, 2.05) is 0 Å². The summed E-state index contributed by atoms with van der Waals surface area (Å²) in [5.41, 5.74) is 0.316. The van der Waals surface area contributed by atoms with Crippen LogP contribution < -0.4 is 9.47 Å². The number of rotatable bonds is 26. The molecule has 14 N–H and O–H groups in total. The Balaban J connectivity index is 1.29. The van der Waals surface area contributed by atoms with E-state index >= 15 is 0 Å². The van der Waals surface area contributed by atoms with E-state index in [2.05, 4.69) is 0 Å². The number of carbonyl (C=O) groups is 5. The van der Waals surface area contributed by atoms with Gasteiger partial charge in [0.05, 0.1) is 39.6 Å². The van der Waals surface area contributed by atoms with E-state index in [0.717, 1.165) is 32.1 Å². The summed E-state index contributed by atoms with van der Waals surface area (Å²) in [4.78, 5) is 67.8. The largest absolute Gasteiger partial charge is 0.504 e. The highest BCUT2D eigenvalue weighted by molar-refractivity contribution is 5.90. The first-order valence-electron chi connectivity index (χ1n) is 29.6. The molecule has 5 aliphatic heterocycles. The minimum Gasteiger partial charge on any atom is -0.504 e. The highest BCUT2D eigenvalue weighted by atomic mass is 16.8. The summed E-state index contributed by atoms with van der Waals surface area (Å²) >= 11 is 0. The van der Waals surface area contributed by atoms with E-state index < -0.39 is 216 Å². The van der Waals surface area contributed by atoms with E-state index in [9.17, 15) is 95.5 Å². The van der Waals surface area contributed by atoms with Crippen molar-refractivity contribution in [1.82, 2.24) is 0 Å². The zero-order valence-corrected chi connectivity index (χ0v) is 51.5. The number of phenolic OH excluding ortho intramolecular Hbond substituents is 2. The molecule has 0 bridgehead atoms. The molecule has 5 aliphatic rings. The fourth-order valence-corrected chi connectivity index (χ4v) is 10.8. The number of phenols is 2. The number of aliphatic hydroxyl groups is 12. The molecule has 35 heteroatoms. The number of esters is 5. The van der Waals surface area contributed by atoms with Gasteiger partial charge in [0.25, 0.3) is 0 Å². The molecular weight excluding hydrogens is 1290 g/mol. The molecule has 3 aromatic rings. The van der Waals surface area contributed by atoms with Gasteiger partial charge in [-0.3, -0.25) is 9.59 Å². The SMILES string of the molecule is COc1cc(/C=C\C(=O)O[C@H]2[C@H](O[C@H]3O[C@H](COC(C)=O)[C@@H](O[C@@H]4O[C@H](CO)[C@@H](O)[C@H](O)[C@H]4O)[C@H](O)[C@H]3O)[C@@H](O[C@@H]3O[C@H](CO)[C@@H](O)[C@H](O)[C@H]3O)[C@@H](O[C@]3(COC(=O)/C=C/c4ccc(O)c(OC)c4)O[C@H](CO)[C@@H](O)[C@@H]3OC(=O)c3ccccc3)O[C@@H]2COC(C)=O)ccc1O. The zero-order chi connectivity index (χ0) is 69.9. The highest BCUT2D eigenvalue weighted by Gasteiger charge is 2.64. The van der Waals surface area contributed by atoms with Crippen LogP contribution >= 0.6 is 0 Å². The summed E-state index contributed by atoms with van der Waals surface area (Å²) in [5.74, 6) is -9.41. The Labute approximate surface area is 545 Å². The Morgan fingerprint density at radius 2 is 0.938 bits per heavy atom. The molecule has 530 valence electrons. The molecule has 0 saturated carbocycles. The van der Waals surface area contributed by atoms with Gasteiger partial charge >= 0.3 is 29.8 Å². The number of hydrogen-bond donors (Lipinski definition) is 14. The molecule has 0 radical (unpaired) electrons. The van der Waals surface area contributed by atoms with Gasteiger partial charge in [-0.05, 0) is 59.7 Å². The third-order valence-corrected chi connectivity index (χ3v) is 15.8. The number of aromatic hydroxyl groups is 2. The Morgan fingerprint density at radius 3 is 1.44 bits per heavy atom. The van der Waals surface area contributed by atoms with Crippen LogP contribution in [0.3, 0.4) is 0 Å². The van der Waals surface area contributed by atoms with Crippen LogP contribution in [0, 0.1) is 0 Å². The summed E-state index contributed by atoms with van der Waals surface area (Å²) in [6.45, 7) is -4.52. The lowest BCUT2D eigenvalue weighted by atomic mass is 9.95. The first kappa shape index (κ1) is 74.6. The van der Waals surface area contributed by atoms with Gasteiger partial charge in [-0.25, -0.2) is 14.4 Å². The third-order valence-electron chi connectivity index (χ3n) is 15.8. The van der Waals surface area contributed by atoms with Crippen LogP contribution in [-0.2, 0) is 85.5 Å². The van der Waals surface area contributed by atoms with Crippen LogP contribution in [0.25, 0.3) is 12.2 Å². The van der Waals surface area contributed by atoms with Crippen LogP contribution in [0.4, 0.5) is 0 Å². The Hall–Kier alpha value is -7.15. The van der Waals surface area contributed by atoms with Gasteiger partial charge in [0, 0.05) is 26.0 Å². The van der Waals surface area contributed by atoms with Gasteiger partial charge in [0.15, 0.2) is 60.4 Å². The van der Waals surface area contributed by atoms with Crippen molar-refractivity contribution >= 4 is 42.0 Å². The smallest absolute Gasteiger partial charge is 0.338 e. The minimum absolute atomic E-state index is 0.00258. The van der Waals surface area contributed by atoms with Crippen LogP contribution in [0.1, 0.15) is 35.3 Å². The molecule has 0 amide bonds. The normalized spacial score (nSPS) is 35.4. The molecule has 5 heterocycles. The van der Waals surface area contributed by atoms with Gasteiger partial charge in [-0.1, -0.05) is 30.3 Å². The molecule has 5 fully saturated rings. The first-order valence-corrected chi connectivity index (χ1v) is 29.6. The molecule has 96 heavy (non-hydrogen) atoms. The Bertz CT molecular complexity index is 3150. The van der Waals surface area contributed by atoms with Crippen molar-refractivity contribution in [1.29, 1.82) is 0 Å². The van der Waals surface area contributed by atoms with Crippen LogP contribution in [0.5, 0.6) is 23.0 Å². The van der Waals surface area contributed by atoms with Crippen LogP contribution in [-0.4, -0.2) is 302 Å². The molecule has 0 unspecified atom stereocenters. The van der Waals surface area contributed by atoms with Gasteiger partial charge in [-0.2, -0.15) is 0 Å². The van der Waals surface area contributed by atoms with Crippen molar-refractivity contribution in [2.24, 2.45) is 0 Å². The van der Waals surface area contributed by atoms with E-state index in [0.29, 0.717) is 0 Å². The third kappa shape index (κ3) is 17.6. The van der Waals surface area contributed by atoms with Crippen molar-refractivity contribution in [3.63, 3.8) is 0 Å². The highest BCUT2D eigenvalue weighted by Crippen LogP contribution is 2.43. The Kier molecular flexibility index (Phi) is 26.0. The van der Waals surface area contributed by atoms with Gasteiger partial charge in [0.1, 0.15) is 124 Å². The molecular formula is C61H76O35. The standard InChI is InChI=1S/C61H76O35/c1-26(65)83-23-38-51(91-57-48(77)45(74)42(71)35(20-62)86-57)47(76)50(79)59(88-38)92-53-52(90-41(70)17-13-29-11-15-32(68)34(19-29)82-4)39(24-84-27(2)66)89-60(54(53)93-58-49(78)46(75)43(72)36(21-63)87-58)96-61(25-85-40(69)16-12-28-10-14-31(67)33(18-28)81-3)55(44(73)37(22-64)95-61)94-56(80)30-8-6-5-7-9-30/h5-19,35-39,42-55,57-60,62-64,67-68,71-79H,20-25H2,1-4H3/b16-12+,17-13-/t35-,36-,37-,38-,39-,42-,43-,44-,45+,46+,47-,48-,49-,50-,51-,52-,53+,54-,55+,57+,58+,59-,60-,61+/m1/s1. The van der Waals surface area contributed by atoms with Gasteiger partial charge in [-0.15, -0.1) is 0 Å². The Morgan fingerprint density at radius 1 is 0.479 bits per heavy atom. The zero-order valence-electron chi connectivity index (χ0n) is 51.5. The molecule has 5 saturated heterocycles. The lowest BCUT2D eigenvalue weighted by Crippen LogP contribution is -2.69. The van der Waals surface area contributed by atoms with Crippen molar-refractivity contribution in [2.45, 2.75) is 161 Å². The summed E-state index contributed by atoms with van der Waals surface area (Å²) in [7, 11) is 2.51. The topological polar surface area (TPSA) is 516 Å². The molecule has 0 aromatic heterocycles. The van der Waals surface area contributed by atoms with Crippen LogP contribution in [0.15, 0.2) is 78.9 Å². The maximum Gasteiger partial charge on any atom is 0.338 e. The summed E-state index contributed by atoms with van der Waals surface area (Å²) < 4.78 is 94.2. The molecule has 3 aromatic carbocycles. The predicted octanol–water partition coefficient (Wildman–Crippen LogP) is -4.96. The molecule has 0 spiro atoms. The average Bonchev–Trinajstić information content (AvgIpc) is 1.38. The monoisotopic (exact) mass is 1370 g/mol. The number of aliphatic hydroxyl groups excluding tert-OH is 12. The minimum atomic E-state index is -3.03. The molecule has 0 aliphatic carbocycles. The van der Waals surface area contributed by atoms with Crippen molar-refractivity contribution in [3.8, 4) is 23.0 Å². The van der Waals surface area contributed by atoms with E-state index in [1.54, 1.807) is 6.07 Å². The van der Waals surface area contributed by atoms with E-state index in [4.69, 9.17) is 75.8 Å². The fourth-order valence-electron chi connectivity index (χ4n) is 10.8. The van der Waals surface area contributed by atoms with E-state index in [-0.39, 0.29) is 39.7 Å². The number of methoxy groups -OCH3 is 2. The summed E-state index contributed by atoms with van der Waals surface area (Å²) in [5, 5.41) is 154. The molecule has 24 atom stereocenters. The number of benzene rings is 3. The number of carbonyl (C=O) groups excluding carboxylic acids is 5. The van der Waals surface area contributed by atoms with Crippen molar-refractivity contribution in [3.05, 3.63) is 95.6 Å². The average molecular weight is 1370 g/mol. The number of ether oxygens (including phenoxy) is 16. The summed E-state index contributed by atoms with van der Waals surface area (Å²) in [6, 6.07) is 14.9. The van der Waals surface area contributed by atoms with Crippen LogP contribution in [0.2, 0.25) is 0 Å². The summed E-state index contributed by atoms with van der Waals surface area (Å²) in [6.07, 6.45) is -45.7. The quantitative estimate of drug-likeness (QED) is 0.0203. The second-order valence-electron chi connectivity index (χ2n) is 22.4. The molecule has 35 nitrogen and oxygen atoms in total. The maximum absolute atomic E-state index is 14.4. The lowest BCUT2D eigenvalue weighted by molar-refractivity contribution is -0.423.